The summed E-state index contributed by atoms with van der Waals surface area (Å²) in [5.74, 6) is 1.46. The Hall–Kier alpha value is -1.19. The van der Waals surface area contributed by atoms with Crippen LogP contribution in [0.4, 0.5) is 0 Å². The van der Waals surface area contributed by atoms with E-state index in [0.717, 1.165) is 22.6 Å². The van der Waals surface area contributed by atoms with Crippen LogP contribution in [-0.4, -0.2) is 20.8 Å². The quantitative estimate of drug-likeness (QED) is 0.857. The minimum atomic E-state index is 0.275. The van der Waals surface area contributed by atoms with E-state index in [0.29, 0.717) is 6.61 Å². The van der Waals surface area contributed by atoms with Gasteiger partial charge in [-0.15, -0.1) is 0 Å². The van der Waals surface area contributed by atoms with Gasteiger partial charge in [-0.2, -0.15) is 0 Å². The van der Waals surface area contributed by atoms with Crippen molar-refractivity contribution in [1.82, 2.24) is 5.32 Å². The molecule has 1 aromatic carbocycles. The SMILES string of the molecule is CNC(C)c1ccc(OC/C(C)=C/Cl)c(OC)c1. The van der Waals surface area contributed by atoms with Gasteiger partial charge in [0.2, 0.25) is 0 Å². The Morgan fingerprint density at radius 2 is 2.17 bits per heavy atom. The molecule has 4 heteroatoms. The van der Waals surface area contributed by atoms with Gasteiger partial charge in [-0.3, -0.25) is 0 Å². The van der Waals surface area contributed by atoms with Crippen LogP contribution in [0.25, 0.3) is 0 Å². The number of ether oxygens (including phenoxy) is 2. The van der Waals surface area contributed by atoms with Gasteiger partial charge in [0.25, 0.3) is 0 Å². The number of rotatable bonds is 6. The summed E-state index contributed by atoms with van der Waals surface area (Å²) in [7, 11) is 3.57. The summed E-state index contributed by atoms with van der Waals surface area (Å²) in [5.41, 5.74) is 3.64. The topological polar surface area (TPSA) is 30.5 Å². The molecule has 0 aliphatic carbocycles. The van der Waals surface area contributed by atoms with Crippen LogP contribution in [0.2, 0.25) is 0 Å². The van der Waals surface area contributed by atoms with E-state index in [9.17, 15) is 0 Å². The molecule has 0 amide bonds. The minimum absolute atomic E-state index is 0.275. The fraction of sp³-hybridized carbons (Fsp3) is 0.429. The van der Waals surface area contributed by atoms with Crippen molar-refractivity contribution in [2.75, 3.05) is 20.8 Å². The molecule has 18 heavy (non-hydrogen) atoms. The Kier molecular flexibility index (Phi) is 6.02. The normalized spacial score (nSPS) is 13.3. The lowest BCUT2D eigenvalue weighted by molar-refractivity contribution is 0.319. The third-order valence-corrected chi connectivity index (χ3v) is 3.13. The zero-order chi connectivity index (χ0) is 13.5. The molecule has 1 rings (SSSR count). The molecular weight excluding hydrogens is 250 g/mol. The summed E-state index contributed by atoms with van der Waals surface area (Å²) >= 11 is 5.60. The first-order valence-electron chi connectivity index (χ1n) is 5.86. The first kappa shape index (κ1) is 14.9. The molecule has 3 nitrogen and oxygen atoms in total. The van der Waals surface area contributed by atoms with Crippen molar-refractivity contribution >= 4 is 11.6 Å². The second kappa shape index (κ2) is 7.29. The van der Waals surface area contributed by atoms with E-state index >= 15 is 0 Å². The average molecular weight is 270 g/mol. The molecule has 0 aliphatic rings. The molecule has 0 saturated heterocycles. The van der Waals surface area contributed by atoms with Crippen LogP contribution in [0, 0.1) is 0 Å². The number of hydrogen-bond donors (Lipinski definition) is 1. The number of methoxy groups -OCH3 is 1. The van der Waals surface area contributed by atoms with Crippen LogP contribution in [0.15, 0.2) is 29.3 Å². The molecule has 0 aliphatic heterocycles. The fourth-order valence-corrected chi connectivity index (χ4v) is 1.53. The predicted molar refractivity (Wildman–Crippen MR) is 75.6 cm³/mol. The van der Waals surface area contributed by atoms with Crippen molar-refractivity contribution < 1.29 is 9.47 Å². The van der Waals surface area contributed by atoms with Gasteiger partial charge in [-0.05, 0) is 44.2 Å². The maximum Gasteiger partial charge on any atom is 0.161 e. The summed E-state index contributed by atoms with van der Waals surface area (Å²) < 4.78 is 11.0. The predicted octanol–water partition coefficient (Wildman–Crippen LogP) is 3.50. The van der Waals surface area contributed by atoms with Crippen molar-refractivity contribution in [3.05, 3.63) is 34.9 Å². The first-order chi connectivity index (χ1) is 8.62. The number of halogens is 1. The highest BCUT2D eigenvalue weighted by Crippen LogP contribution is 2.30. The van der Waals surface area contributed by atoms with Crippen molar-refractivity contribution in [2.45, 2.75) is 19.9 Å². The van der Waals surface area contributed by atoms with Gasteiger partial charge < -0.3 is 14.8 Å². The smallest absolute Gasteiger partial charge is 0.161 e. The summed E-state index contributed by atoms with van der Waals surface area (Å²) in [6.45, 7) is 4.47. The van der Waals surface area contributed by atoms with Crippen molar-refractivity contribution in [1.29, 1.82) is 0 Å². The average Bonchev–Trinajstić information content (AvgIpc) is 2.43. The standard InChI is InChI=1S/C14H20ClNO2/c1-10(8-15)9-18-13-6-5-12(11(2)16-3)7-14(13)17-4/h5-8,11,16H,9H2,1-4H3/b10-8+. The molecule has 100 valence electrons. The van der Waals surface area contributed by atoms with E-state index in [1.54, 1.807) is 7.11 Å². The van der Waals surface area contributed by atoms with Gasteiger partial charge in [-0.1, -0.05) is 17.7 Å². The largest absolute Gasteiger partial charge is 0.493 e. The second-order valence-corrected chi connectivity index (χ2v) is 4.38. The van der Waals surface area contributed by atoms with Crippen molar-refractivity contribution in [3.63, 3.8) is 0 Å². The van der Waals surface area contributed by atoms with Crippen LogP contribution in [-0.2, 0) is 0 Å². The van der Waals surface area contributed by atoms with E-state index in [1.807, 2.05) is 32.2 Å². The maximum atomic E-state index is 5.65. The fourth-order valence-electron chi connectivity index (χ4n) is 1.46. The highest BCUT2D eigenvalue weighted by molar-refractivity contribution is 6.25. The Balaban J connectivity index is 2.86. The first-order valence-corrected chi connectivity index (χ1v) is 6.29. The number of hydrogen-bond acceptors (Lipinski definition) is 3. The second-order valence-electron chi connectivity index (χ2n) is 4.16. The molecule has 1 aromatic rings. The van der Waals surface area contributed by atoms with Crippen LogP contribution in [0.5, 0.6) is 11.5 Å². The van der Waals surface area contributed by atoms with E-state index in [4.69, 9.17) is 21.1 Å². The monoisotopic (exact) mass is 269 g/mol. The lowest BCUT2D eigenvalue weighted by Gasteiger charge is -2.15. The molecular formula is C14H20ClNO2. The highest BCUT2D eigenvalue weighted by atomic mass is 35.5. The zero-order valence-electron chi connectivity index (χ0n) is 11.3. The zero-order valence-corrected chi connectivity index (χ0v) is 12.0. The van der Waals surface area contributed by atoms with E-state index in [-0.39, 0.29) is 6.04 Å². The van der Waals surface area contributed by atoms with Gasteiger partial charge in [0.1, 0.15) is 6.61 Å². The summed E-state index contributed by atoms with van der Waals surface area (Å²) in [6.07, 6.45) is 0. The van der Waals surface area contributed by atoms with Gasteiger partial charge in [0, 0.05) is 11.6 Å². The van der Waals surface area contributed by atoms with Crippen molar-refractivity contribution in [2.24, 2.45) is 0 Å². The minimum Gasteiger partial charge on any atom is -0.493 e. The van der Waals surface area contributed by atoms with E-state index in [1.165, 1.54) is 5.54 Å². The van der Waals surface area contributed by atoms with Crippen LogP contribution < -0.4 is 14.8 Å². The third kappa shape index (κ3) is 3.93. The summed E-state index contributed by atoms with van der Waals surface area (Å²) in [6, 6.07) is 6.20. The van der Waals surface area contributed by atoms with E-state index in [2.05, 4.69) is 12.2 Å². The Morgan fingerprint density at radius 1 is 1.44 bits per heavy atom. The lowest BCUT2D eigenvalue weighted by Crippen LogP contribution is -2.12. The van der Waals surface area contributed by atoms with Gasteiger partial charge in [0.05, 0.1) is 7.11 Å². The Labute approximate surface area is 114 Å². The summed E-state index contributed by atoms with van der Waals surface area (Å²) in [4.78, 5) is 0. The molecule has 0 spiro atoms. The van der Waals surface area contributed by atoms with Crippen molar-refractivity contribution in [3.8, 4) is 11.5 Å². The van der Waals surface area contributed by atoms with Gasteiger partial charge >= 0.3 is 0 Å². The van der Waals surface area contributed by atoms with E-state index < -0.39 is 0 Å². The molecule has 0 heterocycles. The van der Waals surface area contributed by atoms with Gasteiger partial charge in [-0.25, -0.2) is 0 Å². The molecule has 0 fully saturated rings. The van der Waals surface area contributed by atoms with Gasteiger partial charge in [0.15, 0.2) is 11.5 Å². The number of nitrogens with one attached hydrogen (secondary N) is 1. The van der Waals surface area contributed by atoms with Crippen LogP contribution in [0.1, 0.15) is 25.5 Å². The highest BCUT2D eigenvalue weighted by Gasteiger charge is 2.09. The lowest BCUT2D eigenvalue weighted by atomic mass is 10.1. The molecule has 0 radical (unpaired) electrons. The summed E-state index contributed by atoms with van der Waals surface area (Å²) in [5, 5.41) is 3.19. The molecule has 1 N–H and O–H groups in total. The molecule has 0 aromatic heterocycles. The molecule has 1 unspecified atom stereocenters. The van der Waals surface area contributed by atoms with Crippen LogP contribution >= 0.6 is 11.6 Å². The molecule has 1 atom stereocenters. The van der Waals surface area contributed by atoms with Crippen LogP contribution in [0.3, 0.4) is 0 Å². The third-order valence-electron chi connectivity index (χ3n) is 2.76. The maximum absolute atomic E-state index is 5.65. The molecule has 0 saturated carbocycles. The number of benzene rings is 1. The molecule has 0 bridgehead atoms. The Morgan fingerprint density at radius 3 is 2.72 bits per heavy atom. The Bertz CT molecular complexity index is 418.